The number of rotatable bonds is 9. The Balaban J connectivity index is 0.000000170. The van der Waals surface area contributed by atoms with Crippen LogP contribution in [0.3, 0.4) is 0 Å². The quantitative estimate of drug-likeness (QED) is 0.223. The molecule has 3 aromatic rings. The van der Waals surface area contributed by atoms with Crippen molar-refractivity contribution in [2.24, 2.45) is 22.7 Å². The Morgan fingerprint density at radius 3 is 1.83 bits per heavy atom. The smallest absolute Gasteiger partial charge is 0.264 e. The number of nitrogens with zero attached hydrogens (tertiary/aromatic N) is 3. The molecule has 0 spiro atoms. The molecule has 2 aliphatic carbocycles. The van der Waals surface area contributed by atoms with Gasteiger partial charge in [-0.2, -0.15) is 13.5 Å². The van der Waals surface area contributed by atoms with E-state index in [1.807, 2.05) is 41.1 Å². The van der Waals surface area contributed by atoms with E-state index in [0.717, 1.165) is 55.1 Å². The molecule has 252 valence electrons. The lowest BCUT2D eigenvalue weighted by molar-refractivity contribution is -0.271. The van der Waals surface area contributed by atoms with E-state index in [0.29, 0.717) is 12.5 Å². The zero-order valence-electron chi connectivity index (χ0n) is 27.6. The Labute approximate surface area is 283 Å². The number of hydrogen-bond donors (Lipinski definition) is 0. The fraction of sp³-hybridized carbons (Fsp3) is 0.588. The van der Waals surface area contributed by atoms with Gasteiger partial charge in [-0.1, -0.05) is 61.3 Å². The highest BCUT2D eigenvalue weighted by Crippen LogP contribution is 2.61. The molecule has 2 saturated heterocycles. The first-order chi connectivity index (χ1) is 22.3. The first kappa shape index (κ1) is 33.8. The highest BCUT2D eigenvalue weighted by atomic mass is 35.5. The number of benzene rings is 2. The Kier molecular flexibility index (Phi) is 10.1. The fourth-order valence-corrected chi connectivity index (χ4v) is 8.68. The highest BCUT2D eigenvalue weighted by Gasteiger charge is 2.66. The third-order valence-corrected chi connectivity index (χ3v) is 11.9. The van der Waals surface area contributed by atoms with Gasteiger partial charge >= 0.3 is 0 Å². The average molecular weight is 698 g/mol. The topological polar surface area (TPSA) is 92.5 Å². The van der Waals surface area contributed by atoms with Crippen molar-refractivity contribution in [3.63, 3.8) is 0 Å². The zero-order chi connectivity index (χ0) is 33.9. The van der Waals surface area contributed by atoms with Crippen molar-refractivity contribution in [1.82, 2.24) is 14.8 Å². The summed E-state index contributed by atoms with van der Waals surface area (Å²) in [5.74, 6) is 0.769. The van der Waals surface area contributed by atoms with Crippen LogP contribution in [0, 0.1) is 22.7 Å². The van der Waals surface area contributed by atoms with Gasteiger partial charge in [-0.25, -0.2) is 4.98 Å². The SMILES string of the molecule is C[C@@]12CC[C@H](Cc3ccc(Cl)cc3)[C@]1(COS(C)(=O)=O)OC2.C[C@@]12CC[C@H](Cc3ccc(Cl)cc3)[C@]1(Cn1cncn1)OC2.[2H]CF. The second kappa shape index (κ2) is 13.8. The van der Waals surface area contributed by atoms with E-state index in [2.05, 4.69) is 36.1 Å². The van der Waals surface area contributed by atoms with E-state index < -0.39 is 22.9 Å². The minimum Gasteiger partial charge on any atom is -0.371 e. The molecule has 4 aliphatic rings. The van der Waals surface area contributed by atoms with Crippen LogP contribution in [0.2, 0.25) is 10.0 Å². The van der Waals surface area contributed by atoms with Crippen LogP contribution in [0.5, 0.6) is 0 Å². The normalized spacial score (nSPS) is 32.8. The summed E-state index contributed by atoms with van der Waals surface area (Å²) in [5, 5.41) is 5.79. The minimum atomic E-state index is -3.47. The summed E-state index contributed by atoms with van der Waals surface area (Å²) in [5.41, 5.74) is 2.18. The Morgan fingerprint density at radius 1 is 0.935 bits per heavy atom. The zero-order valence-corrected chi connectivity index (χ0v) is 29.0. The van der Waals surface area contributed by atoms with E-state index in [-0.39, 0.29) is 29.0 Å². The maximum Gasteiger partial charge on any atom is 0.264 e. The molecular formula is C34H44Cl2FN3O5S. The van der Waals surface area contributed by atoms with Crippen LogP contribution in [0.25, 0.3) is 0 Å². The number of ether oxygens (including phenoxy) is 2. The standard InChI is InChI=1S/C17H20ClN3O.C16H21ClO4S.CH3F/c1-16-7-6-14(8-13-2-4-15(18)5-3-13)17(16,22-10-16)9-21-12-19-11-20-21;1-15-8-7-13(9-12-3-5-14(17)6-4-12)16(15,20-10-15)11-21-22(2,18)19;1-2/h2-5,11-12,14H,6-10H2,1H3;3-6,13H,7-11H2,1-2H3;1H3/t14-,16+,17+;13-,15+,16+;/m11./s1/i;;1D. The predicted octanol–water partition coefficient (Wildman–Crippen LogP) is 6.99. The number of halogens is 3. The summed E-state index contributed by atoms with van der Waals surface area (Å²) < 4.78 is 57.4. The molecule has 12 heteroatoms. The van der Waals surface area contributed by atoms with Gasteiger partial charge < -0.3 is 9.47 Å². The lowest BCUT2D eigenvalue weighted by Crippen LogP contribution is -2.64. The van der Waals surface area contributed by atoms with Gasteiger partial charge in [0.1, 0.15) is 18.3 Å². The summed E-state index contributed by atoms with van der Waals surface area (Å²) in [6, 6.07) is 16.0. The number of aromatic nitrogens is 3. The Bertz CT molecular complexity index is 1590. The summed E-state index contributed by atoms with van der Waals surface area (Å²) in [4.78, 5) is 4.07. The van der Waals surface area contributed by atoms with Crippen molar-refractivity contribution in [2.45, 2.75) is 70.1 Å². The number of alkyl halides is 1. The minimum absolute atomic E-state index is 0.00871. The van der Waals surface area contributed by atoms with Crippen LogP contribution < -0.4 is 0 Å². The van der Waals surface area contributed by atoms with Crippen LogP contribution in [0.15, 0.2) is 61.2 Å². The first-order valence-corrected chi connectivity index (χ1v) is 18.1. The van der Waals surface area contributed by atoms with Gasteiger partial charge in [0, 0.05) is 20.9 Å². The molecule has 2 aliphatic heterocycles. The Morgan fingerprint density at radius 2 is 1.41 bits per heavy atom. The molecule has 0 bridgehead atoms. The van der Waals surface area contributed by atoms with Crippen molar-refractivity contribution in [3.05, 3.63) is 82.4 Å². The molecule has 1 aromatic heterocycles. The lowest BCUT2D eigenvalue weighted by Gasteiger charge is -2.56. The van der Waals surface area contributed by atoms with Gasteiger partial charge in [-0.3, -0.25) is 13.3 Å². The van der Waals surface area contributed by atoms with Gasteiger partial charge in [-0.15, -0.1) is 0 Å². The average Bonchev–Trinajstić information content (AvgIpc) is 3.64. The van der Waals surface area contributed by atoms with E-state index in [4.69, 9.17) is 38.2 Å². The van der Waals surface area contributed by atoms with Gasteiger partial charge in [0.05, 0.1) is 46.7 Å². The van der Waals surface area contributed by atoms with Crippen LogP contribution in [0.4, 0.5) is 4.39 Å². The summed E-state index contributed by atoms with van der Waals surface area (Å²) in [7, 11) is -4.47. The third-order valence-electron chi connectivity index (χ3n) is 10.9. The molecule has 8 nitrogen and oxygen atoms in total. The molecule has 0 N–H and O–H groups in total. The highest BCUT2D eigenvalue weighted by molar-refractivity contribution is 7.85. The fourth-order valence-electron chi connectivity index (χ4n) is 8.04. The molecule has 6 atom stereocenters. The molecule has 0 radical (unpaired) electrons. The van der Waals surface area contributed by atoms with Gasteiger partial charge in [-0.05, 0) is 85.8 Å². The van der Waals surface area contributed by atoms with E-state index >= 15 is 0 Å². The maximum atomic E-state index is 11.4. The van der Waals surface area contributed by atoms with Crippen LogP contribution >= 0.6 is 23.2 Å². The second-order valence-corrected chi connectivity index (χ2v) is 16.2. The summed E-state index contributed by atoms with van der Waals surface area (Å²) >= 11 is 11.9. The molecular weight excluding hydrogens is 652 g/mol. The largest absolute Gasteiger partial charge is 0.371 e. The number of hydrogen-bond acceptors (Lipinski definition) is 7. The molecule has 0 unspecified atom stereocenters. The molecule has 3 heterocycles. The lowest BCUT2D eigenvalue weighted by atomic mass is 9.67. The molecule has 2 saturated carbocycles. The van der Waals surface area contributed by atoms with Crippen molar-refractivity contribution in [3.8, 4) is 0 Å². The maximum absolute atomic E-state index is 11.4. The summed E-state index contributed by atoms with van der Waals surface area (Å²) in [6.45, 7) is 6.97. The Hall–Kier alpha value is -2.08. The van der Waals surface area contributed by atoms with Gasteiger partial charge in [0.2, 0.25) is 0 Å². The van der Waals surface area contributed by atoms with Crippen molar-refractivity contribution < 1.29 is 27.8 Å². The first-order valence-electron chi connectivity index (χ1n) is 16.3. The molecule has 7 rings (SSSR count). The molecule has 0 amide bonds. The molecule has 4 fully saturated rings. The van der Waals surface area contributed by atoms with Gasteiger partial charge in [0.25, 0.3) is 10.1 Å². The molecule has 46 heavy (non-hydrogen) atoms. The van der Waals surface area contributed by atoms with Crippen molar-refractivity contribution in [1.29, 1.82) is 0 Å². The molecule has 2 aromatic carbocycles. The monoisotopic (exact) mass is 696 g/mol. The van der Waals surface area contributed by atoms with Crippen molar-refractivity contribution in [2.75, 3.05) is 33.2 Å². The van der Waals surface area contributed by atoms with Gasteiger partial charge in [0.15, 0.2) is 0 Å². The summed E-state index contributed by atoms with van der Waals surface area (Å²) in [6.07, 6.45) is 10.8. The van der Waals surface area contributed by atoms with Crippen LogP contribution in [-0.4, -0.2) is 67.6 Å². The van der Waals surface area contributed by atoms with E-state index in [1.165, 1.54) is 24.0 Å². The predicted molar refractivity (Wildman–Crippen MR) is 177 cm³/mol. The van der Waals surface area contributed by atoms with Crippen molar-refractivity contribution >= 4 is 33.3 Å². The number of fused-ring (bicyclic) bond motifs is 2. The van der Waals surface area contributed by atoms with E-state index in [9.17, 15) is 12.8 Å². The third kappa shape index (κ3) is 6.89. The second-order valence-electron chi connectivity index (χ2n) is 13.7. The van der Waals surface area contributed by atoms with Crippen LogP contribution in [-0.2, 0) is 43.2 Å². The van der Waals surface area contributed by atoms with Crippen LogP contribution in [0.1, 0.15) is 52.0 Å². The van der Waals surface area contributed by atoms with E-state index in [1.54, 1.807) is 12.7 Å².